The molecular weight excluding hydrogens is 396 g/mol. The predicted molar refractivity (Wildman–Crippen MR) is 111 cm³/mol. The van der Waals surface area contributed by atoms with E-state index in [1.165, 1.54) is 35.5 Å². The van der Waals surface area contributed by atoms with Crippen molar-refractivity contribution in [2.24, 2.45) is 5.92 Å². The van der Waals surface area contributed by atoms with Crippen molar-refractivity contribution >= 4 is 17.2 Å². The molecule has 164 valence electrons. The van der Waals surface area contributed by atoms with Gasteiger partial charge in [-0.2, -0.15) is 0 Å². The van der Waals surface area contributed by atoms with E-state index in [4.69, 9.17) is 4.74 Å². The Labute approximate surface area is 176 Å². The van der Waals surface area contributed by atoms with Crippen LogP contribution in [0.3, 0.4) is 0 Å². The summed E-state index contributed by atoms with van der Waals surface area (Å²) in [7, 11) is 0. The van der Waals surface area contributed by atoms with Crippen LogP contribution >= 0.6 is 11.3 Å². The number of carbonyl (C=O) groups excluding carboxylic acids is 1. The van der Waals surface area contributed by atoms with E-state index in [0.717, 1.165) is 63.4 Å². The first-order valence-electron chi connectivity index (χ1n) is 10.9. The molecule has 1 N–H and O–H groups in total. The number of unbranched alkanes of at least 4 members (excludes halogenated alkanes) is 1. The van der Waals surface area contributed by atoms with Crippen LogP contribution in [-0.2, 0) is 17.8 Å². The molecule has 8 heteroatoms. The third-order valence-electron chi connectivity index (χ3n) is 5.94. The zero-order chi connectivity index (χ0) is 20.6. The molecule has 0 aromatic carbocycles. The number of alkyl halides is 2. The third kappa shape index (κ3) is 7.17. The van der Waals surface area contributed by atoms with Crippen LogP contribution in [0.15, 0.2) is 0 Å². The molecule has 0 saturated heterocycles. The lowest BCUT2D eigenvalue weighted by Gasteiger charge is -2.32. The molecule has 3 rings (SSSR count). The number of aromatic nitrogens is 1. The SMILES string of the molecule is CCCCC(=O)N[C@H]1CC[C@H](CCN2CCc3sc(OCC(F)F)nc3C2)CC1. The Bertz CT molecular complexity index is 648. The fraction of sp³-hybridized carbons (Fsp3) is 0.810. The summed E-state index contributed by atoms with van der Waals surface area (Å²) in [6.45, 7) is 4.34. The van der Waals surface area contributed by atoms with Crippen molar-refractivity contribution < 1.29 is 18.3 Å². The number of hydrogen-bond acceptors (Lipinski definition) is 5. The number of halogens is 2. The van der Waals surface area contributed by atoms with Gasteiger partial charge in [-0.15, -0.1) is 0 Å². The number of thiazole rings is 1. The van der Waals surface area contributed by atoms with Gasteiger partial charge >= 0.3 is 0 Å². The maximum absolute atomic E-state index is 12.3. The van der Waals surface area contributed by atoms with Crippen LogP contribution in [-0.4, -0.2) is 48.0 Å². The lowest BCUT2D eigenvalue weighted by molar-refractivity contribution is -0.122. The first kappa shape index (κ1) is 22.4. The molecular formula is C21H33F2N3O2S. The summed E-state index contributed by atoms with van der Waals surface area (Å²) in [5.41, 5.74) is 0.990. The molecule has 1 aromatic rings. The van der Waals surface area contributed by atoms with Gasteiger partial charge in [0, 0.05) is 30.4 Å². The molecule has 1 amide bonds. The van der Waals surface area contributed by atoms with Crippen LogP contribution in [0.1, 0.15) is 68.9 Å². The summed E-state index contributed by atoms with van der Waals surface area (Å²) >= 11 is 1.41. The number of ether oxygens (including phenoxy) is 1. The summed E-state index contributed by atoms with van der Waals surface area (Å²) in [5, 5.41) is 3.57. The lowest BCUT2D eigenvalue weighted by Crippen LogP contribution is -2.38. The highest BCUT2D eigenvalue weighted by atomic mass is 32.1. The molecule has 5 nitrogen and oxygen atoms in total. The highest BCUT2D eigenvalue weighted by molar-refractivity contribution is 7.13. The van der Waals surface area contributed by atoms with E-state index in [-0.39, 0.29) is 5.91 Å². The number of amides is 1. The number of fused-ring (bicyclic) bond motifs is 1. The van der Waals surface area contributed by atoms with Crippen molar-refractivity contribution in [3.05, 3.63) is 10.6 Å². The zero-order valence-electron chi connectivity index (χ0n) is 17.3. The van der Waals surface area contributed by atoms with Crippen molar-refractivity contribution in [2.45, 2.75) is 83.7 Å². The fourth-order valence-corrected chi connectivity index (χ4v) is 5.13. The Balaban J connectivity index is 1.35. The Hall–Kier alpha value is -1.28. The highest BCUT2D eigenvalue weighted by Gasteiger charge is 2.25. The highest BCUT2D eigenvalue weighted by Crippen LogP contribution is 2.31. The van der Waals surface area contributed by atoms with E-state index in [1.807, 2.05) is 0 Å². The molecule has 0 atom stereocenters. The molecule has 0 radical (unpaired) electrons. The van der Waals surface area contributed by atoms with Crippen molar-refractivity contribution in [3.8, 4) is 5.19 Å². The fourth-order valence-electron chi connectivity index (χ4n) is 4.21. The Morgan fingerprint density at radius 1 is 1.34 bits per heavy atom. The average Bonchev–Trinajstić information content (AvgIpc) is 3.12. The largest absolute Gasteiger partial charge is 0.464 e. The molecule has 0 spiro atoms. The number of rotatable bonds is 10. The van der Waals surface area contributed by atoms with Crippen LogP contribution in [0.4, 0.5) is 8.78 Å². The van der Waals surface area contributed by atoms with Gasteiger partial charge in [0.05, 0.1) is 5.69 Å². The van der Waals surface area contributed by atoms with E-state index in [2.05, 4.69) is 22.1 Å². The van der Waals surface area contributed by atoms with E-state index >= 15 is 0 Å². The second-order valence-corrected chi connectivity index (χ2v) is 9.30. The summed E-state index contributed by atoms with van der Waals surface area (Å²) in [6.07, 6.45) is 6.84. The van der Waals surface area contributed by atoms with E-state index in [1.54, 1.807) is 0 Å². The first-order valence-corrected chi connectivity index (χ1v) is 11.8. The first-order chi connectivity index (χ1) is 14.0. The van der Waals surface area contributed by atoms with Crippen LogP contribution in [0, 0.1) is 5.92 Å². The molecule has 0 bridgehead atoms. The van der Waals surface area contributed by atoms with Crippen molar-refractivity contribution in [2.75, 3.05) is 19.7 Å². The Morgan fingerprint density at radius 3 is 2.86 bits per heavy atom. The van der Waals surface area contributed by atoms with Gasteiger partial charge < -0.3 is 10.1 Å². The van der Waals surface area contributed by atoms with Gasteiger partial charge in [0.1, 0.15) is 0 Å². The van der Waals surface area contributed by atoms with Crippen molar-refractivity contribution in [1.29, 1.82) is 0 Å². The van der Waals surface area contributed by atoms with Crippen LogP contribution in [0.25, 0.3) is 0 Å². The topological polar surface area (TPSA) is 54.5 Å². The van der Waals surface area contributed by atoms with Gasteiger partial charge in [-0.25, -0.2) is 13.8 Å². The molecule has 1 saturated carbocycles. The van der Waals surface area contributed by atoms with Crippen LogP contribution in [0.5, 0.6) is 5.19 Å². The third-order valence-corrected chi connectivity index (χ3v) is 7.01. The minimum atomic E-state index is -2.47. The minimum absolute atomic E-state index is 0.208. The number of nitrogens with zero attached hydrogens (tertiary/aromatic N) is 2. The molecule has 1 aromatic heterocycles. The molecule has 1 aliphatic carbocycles. The molecule has 0 unspecified atom stereocenters. The second-order valence-electron chi connectivity index (χ2n) is 8.26. The predicted octanol–water partition coefficient (Wildman–Crippen LogP) is 4.40. The van der Waals surface area contributed by atoms with Gasteiger partial charge in [0.25, 0.3) is 11.6 Å². The summed E-state index contributed by atoms with van der Waals surface area (Å²) in [5.74, 6) is 0.931. The monoisotopic (exact) mass is 429 g/mol. The van der Waals surface area contributed by atoms with Gasteiger partial charge in [0.15, 0.2) is 6.61 Å². The Morgan fingerprint density at radius 2 is 2.14 bits per heavy atom. The number of hydrogen-bond donors (Lipinski definition) is 1. The van der Waals surface area contributed by atoms with Gasteiger partial charge in [-0.1, -0.05) is 24.7 Å². The maximum atomic E-state index is 12.3. The number of nitrogens with one attached hydrogen (secondary N) is 1. The normalized spacial score (nSPS) is 22.5. The molecule has 1 fully saturated rings. The van der Waals surface area contributed by atoms with Gasteiger partial charge in [0.2, 0.25) is 5.91 Å². The zero-order valence-corrected chi connectivity index (χ0v) is 18.1. The average molecular weight is 430 g/mol. The van der Waals surface area contributed by atoms with Crippen molar-refractivity contribution in [1.82, 2.24) is 15.2 Å². The van der Waals surface area contributed by atoms with Crippen LogP contribution in [0.2, 0.25) is 0 Å². The lowest BCUT2D eigenvalue weighted by atomic mass is 9.84. The number of carbonyl (C=O) groups is 1. The molecule has 2 aliphatic rings. The maximum Gasteiger partial charge on any atom is 0.273 e. The summed E-state index contributed by atoms with van der Waals surface area (Å²) in [4.78, 5) is 19.9. The molecule has 2 heterocycles. The quantitative estimate of drug-likeness (QED) is 0.599. The van der Waals surface area contributed by atoms with E-state index < -0.39 is 13.0 Å². The smallest absolute Gasteiger partial charge is 0.273 e. The van der Waals surface area contributed by atoms with E-state index in [0.29, 0.717) is 17.7 Å². The minimum Gasteiger partial charge on any atom is -0.464 e. The standard InChI is InChI=1S/C21H33F2N3O2S/c1-2-3-4-20(27)24-16-7-5-15(6-8-16)9-11-26-12-10-18-17(13-26)25-21(29-18)28-14-19(22)23/h15-16,19H,2-14H2,1H3,(H,24,27)/t15-,16-. The van der Waals surface area contributed by atoms with Crippen LogP contribution < -0.4 is 10.1 Å². The van der Waals surface area contributed by atoms with E-state index in [9.17, 15) is 13.6 Å². The second kappa shape index (κ2) is 11.2. The molecule has 1 aliphatic heterocycles. The summed E-state index contributed by atoms with van der Waals surface area (Å²) in [6, 6.07) is 0.356. The summed E-state index contributed by atoms with van der Waals surface area (Å²) < 4.78 is 29.7. The van der Waals surface area contributed by atoms with Gasteiger partial charge in [-0.3, -0.25) is 9.69 Å². The van der Waals surface area contributed by atoms with Crippen molar-refractivity contribution in [3.63, 3.8) is 0 Å². The Kier molecular flexibility index (Phi) is 8.66. The molecule has 29 heavy (non-hydrogen) atoms. The van der Waals surface area contributed by atoms with Gasteiger partial charge in [-0.05, 0) is 57.4 Å².